The average Bonchev–Trinajstić information content (AvgIpc) is 2.61. The van der Waals surface area contributed by atoms with Gasteiger partial charge in [-0.05, 0) is 32.1 Å². The molecule has 2 fully saturated rings. The molecule has 0 aromatic carbocycles. The molecule has 3 heteroatoms. The third kappa shape index (κ3) is 0.726. The Balaban J connectivity index is 2.30. The van der Waals surface area contributed by atoms with Gasteiger partial charge >= 0.3 is 5.97 Å². The lowest BCUT2D eigenvalue weighted by molar-refractivity contribution is -0.148. The monoisotopic (exact) mass is 165 g/mol. The summed E-state index contributed by atoms with van der Waals surface area (Å²) in [4.78, 5) is 10.9. The predicted octanol–water partition coefficient (Wildman–Crippen LogP) is 1.55. The number of fused-ring (bicyclic) bond motifs is 2. The Kier molecular flexibility index (Phi) is 1.27. The normalized spacial score (nSPS) is 44.2. The van der Waals surface area contributed by atoms with E-state index in [2.05, 4.69) is 6.07 Å². The van der Waals surface area contributed by atoms with Gasteiger partial charge in [-0.15, -0.1) is 0 Å². The Hall–Kier alpha value is -1.04. The summed E-state index contributed by atoms with van der Waals surface area (Å²) < 4.78 is 0. The van der Waals surface area contributed by atoms with Crippen molar-refractivity contribution in [1.82, 2.24) is 0 Å². The SMILES string of the molecule is N#CC12CCC(C(=O)O)(CC1)C2. The molecule has 0 spiro atoms. The van der Waals surface area contributed by atoms with Crippen molar-refractivity contribution in [2.45, 2.75) is 32.1 Å². The van der Waals surface area contributed by atoms with Crippen LogP contribution in [0, 0.1) is 22.2 Å². The standard InChI is InChI=1S/C9H11NO2/c10-6-8-1-3-9(5-8,4-2-8)7(11)12/h1-5H2,(H,11,12). The van der Waals surface area contributed by atoms with E-state index in [0.717, 1.165) is 12.8 Å². The summed E-state index contributed by atoms with van der Waals surface area (Å²) in [7, 11) is 0. The minimum absolute atomic E-state index is 0.279. The number of nitriles is 1. The Morgan fingerprint density at radius 2 is 1.92 bits per heavy atom. The second-order valence-electron chi connectivity index (χ2n) is 4.15. The van der Waals surface area contributed by atoms with E-state index in [9.17, 15) is 4.79 Å². The fourth-order valence-electron chi connectivity index (χ4n) is 2.65. The molecule has 2 rings (SSSR count). The van der Waals surface area contributed by atoms with Crippen LogP contribution in [-0.2, 0) is 4.79 Å². The highest BCUT2D eigenvalue weighted by molar-refractivity contribution is 5.76. The lowest BCUT2D eigenvalue weighted by Gasteiger charge is -2.20. The van der Waals surface area contributed by atoms with Gasteiger partial charge in [0.15, 0.2) is 0 Å². The number of hydrogen-bond donors (Lipinski definition) is 1. The van der Waals surface area contributed by atoms with Gasteiger partial charge in [-0.2, -0.15) is 5.26 Å². The summed E-state index contributed by atoms with van der Waals surface area (Å²) in [6.07, 6.45) is 3.57. The smallest absolute Gasteiger partial charge is 0.309 e. The molecule has 0 heterocycles. The zero-order chi connectivity index (χ0) is 8.82. The van der Waals surface area contributed by atoms with Crippen LogP contribution in [0.1, 0.15) is 32.1 Å². The van der Waals surface area contributed by atoms with Crippen molar-refractivity contribution in [3.8, 4) is 6.07 Å². The van der Waals surface area contributed by atoms with Crippen molar-refractivity contribution >= 4 is 5.97 Å². The van der Waals surface area contributed by atoms with Crippen LogP contribution < -0.4 is 0 Å². The van der Waals surface area contributed by atoms with Crippen LogP contribution in [0.25, 0.3) is 0 Å². The van der Waals surface area contributed by atoms with E-state index in [-0.39, 0.29) is 5.41 Å². The molecule has 64 valence electrons. The summed E-state index contributed by atoms with van der Waals surface area (Å²) in [5, 5.41) is 17.9. The van der Waals surface area contributed by atoms with E-state index < -0.39 is 11.4 Å². The second kappa shape index (κ2) is 2.01. The summed E-state index contributed by atoms with van der Waals surface area (Å²) in [5.41, 5.74) is -0.811. The lowest BCUT2D eigenvalue weighted by atomic mass is 9.83. The van der Waals surface area contributed by atoms with Gasteiger partial charge in [-0.3, -0.25) is 4.79 Å². The van der Waals surface area contributed by atoms with Gasteiger partial charge < -0.3 is 5.11 Å². The third-order valence-corrected chi connectivity index (χ3v) is 3.53. The first-order chi connectivity index (χ1) is 5.63. The Bertz CT molecular complexity index is 269. The summed E-state index contributed by atoms with van der Waals surface area (Å²) in [5.74, 6) is -0.697. The number of carboxylic acids is 1. The number of nitrogens with zero attached hydrogens (tertiary/aromatic N) is 1. The first-order valence-corrected chi connectivity index (χ1v) is 4.27. The molecule has 2 bridgehead atoms. The molecule has 2 aliphatic rings. The summed E-state index contributed by atoms with van der Waals surface area (Å²) in [6, 6.07) is 2.29. The minimum atomic E-state index is -0.697. The van der Waals surface area contributed by atoms with Crippen molar-refractivity contribution in [3.05, 3.63) is 0 Å². The molecule has 0 aromatic heterocycles. The quantitative estimate of drug-likeness (QED) is 0.641. The maximum absolute atomic E-state index is 10.9. The molecule has 3 nitrogen and oxygen atoms in total. The Morgan fingerprint density at radius 3 is 2.17 bits per heavy atom. The van der Waals surface area contributed by atoms with Gasteiger partial charge in [0.05, 0.1) is 16.9 Å². The van der Waals surface area contributed by atoms with Crippen LogP contribution in [0.15, 0.2) is 0 Å². The molecule has 1 N–H and O–H groups in total. The van der Waals surface area contributed by atoms with Crippen LogP contribution in [0.3, 0.4) is 0 Å². The van der Waals surface area contributed by atoms with E-state index in [1.165, 1.54) is 0 Å². The molecule has 2 aliphatic carbocycles. The highest BCUT2D eigenvalue weighted by atomic mass is 16.4. The van der Waals surface area contributed by atoms with Crippen molar-refractivity contribution in [2.24, 2.45) is 10.8 Å². The fourth-order valence-corrected chi connectivity index (χ4v) is 2.65. The largest absolute Gasteiger partial charge is 0.481 e. The van der Waals surface area contributed by atoms with Crippen LogP contribution in [0.5, 0.6) is 0 Å². The molecule has 0 aromatic rings. The van der Waals surface area contributed by atoms with Gasteiger partial charge in [-0.25, -0.2) is 0 Å². The number of rotatable bonds is 1. The molecule has 0 aliphatic heterocycles. The molecule has 0 amide bonds. The van der Waals surface area contributed by atoms with E-state index in [0.29, 0.717) is 19.3 Å². The molecular formula is C9H11NO2. The topological polar surface area (TPSA) is 61.1 Å². The lowest BCUT2D eigenvalue weighted by Crippen LogP contribution is -2.25. The van der Waals surface area contributed by atoms with Crippen molar-refractivity contribution in [3.63, 3.8) is 0 Å². The number of carboxylic acid groups (broad SMARTS) is 1. The maximum atomic E-state index is 10.9. The number of aliphatic carboxylic acids is 1. The van der Waals surface area contributed by atoms with Crippen LogP contribution in [0.2, 0.25) is 0 Å². The fraction of sp³-hybridized carbons (Fsp3) is 0.778. The highest BCUT2D eigenvalue weighted by Crippen LogP contribution is 2.61. The van der Waals surface area contributed by atoms with Gasteiger partial charge in [0.2, 0.25) is 0 Å². The maximum Gasteiger partial charge on any atom is 0.309 e. The second-order valence-corrected chi connectivity index (χ2v) is 4.15. The highest BCUT2D eigenvalue weighted by Gasteiger charge is 2.58. The van der Waals surface area contributed by atoms with E-state index in [1.807, 2.05) is 0 Å². The Morgan fingerprint density at radius 1 is 1.33 bits per heavy atom. The molecule has 12 heavy (non-hydrogen) atoms. The molecule has 0 atom stereocenters. The van der Waals surface area contributed by atoms with E-state index in [4.69, 9.17) is 10.4 Å². The Labute approximate surface area is 71.0 Å². The van der Waals surface area contributed by atoms with Crippen LogP contribution in [0.4, 0.5) is 0 Å². The molecule has 0 radical (unpaired) electrons. The number of carbonyl (C=O) groups is 1. The zero-order valence-electron chi connectivity index (χ0n) is 6.84. The molecule has 2 saturated carbocycles. The molecular weight excluding hydrogens is 154 g/mol. The predicted molar refractivity (Wildman–Crippen MR) is 41.2 cm³/mol. The van der Waals surface area contributed by atoms with E-state index >= 15 is 0 Å². The zero-order valence-corrected chi connectivity index (χ0v) is 6.84. The summed E-state index contributed by atoms with van der Waals surface area (Å²) in [6.45, 7) is 0. The third-order valence-electron chi connectivity index (χ3n) is 3.53. The minimum Gasteiger partial charge on any atom is -0.481 e. The molecule has 0 saturated heterocycles. The van der Waals surface area contributed by atoms with Gasteiger partial charge in [-0.1, -0.05) is 0 Å². The first-order valence-electron chi connectivity index (χ1n) is 4.27. The van der Waals surface area contributed by atoms with Crippen LogP contribution >= 0.6 is 0 Å². The van der Waals surface area contributed by atoms with Crippen molar-refractivity contribution < 1.29 is 9.90 Å². The van der Waals surface area contributed by atoms with Gasteiger partial charge in [0.1, 0.15) is 0 Å². The van der Waals surface area contributed by atoms with E-state index in [1.54, 1.807) is 0 Å². The van der Waals surface area contributed by atoms with Crippen molar-refractivity contribution in [1.29, 1.82) is 5.26 Å². The van der Waals surface area contributed by atoms with Gasteiger partial charge in [0.25, 0.3) is 0 Å². The van der Waals surface area contributed by atoms with Gasteiger partial charge in [0, 0.05) is 0 Å². The van der Waals surface area contributed by atoms with Crippen LogP contribution in [-0.4, -0.2) is 11.1 Å². The van der Waals surface area contributed by atoms with Crippen molar-refractivity contribution in [2.75, 3.05) is 0 Å². The number of hydrogen-bond acceptors (Lipinski definition) is 2. The first kappa shape index (κ1) is 7.60. The average molecular weight is 165 g/mol. The summed E-state index contributed by atoms with van der Waals surface area (Å²) >= 11 is 0. The molecule has 0 unspecified atom stereocenters.